The molecule has 0 bridgehead atoms. The minimum Gasteiger partial charge on any atom is -0.315 e. The Morgan fingerprint density at radius 3 is 2.68 bits per heavy atom. The first kappa shape index (κ1) is 14.0. The molecule has 5 heteroatoms. The van der Waals surface area contributed by atoms with Gasteiger partial charge in [-0.25, -0.2) is 0 Å². The molecule has 1 aromatic rings. The van der Waals surface area contributed by atoms with Gasteiger partial charge in [0.05, 0.1) is 12.1 Å². The number of nitrogens with zero attached hydrogens (tertiary/aromatic N) is 2. The van der Waals surface area contributed by atoms with Crippen molar-refractivity contribution in [3.63, 3.8) is 0 Å². The highest BCUT2D eigenvalue weighted by atomic mass is 32.1. The number of thiophene rings is 1. The first-order chi connectivity index (χ1) is 9.29. The summed E-state index contributed by atoms with van der Waals surface area (Å²) in [6.45, 7) is 2.44. The predicted molar refractivity (Wildman–Crippen MR) is 77.2 cm³/mol. The molecule has 0 aromatic carbocycles. The third-order valence-electron chi connectivity index (χ3n) is 3.35. The molecule has 0 spiro atoms. The number of nitriles is 1. The third kappa shape index (κ3) is 4.34. The van der Waals surface area contributed by atoms with Crippen molar-refractivity contribution < 1.29 is 4.79 Å². The number of amides is 1. The molecule has 0 radical (unpaired) electrons. The summed E-state index contributed by atoms with van der Waals surface area (Å²) in [6, 6.07) is 3.82. The standard InChI is InChI=1S/C14H19N3OS/c15-10-12-6-9-19-14(12)16-13(18)11-17-7-4-2-1-3-5-8-17/h6,9H,1-5,7-8,11H2,(H,16,18). The van der Waals surface area contributed by atoms with Crippen LogP contribution in [0.2, 0.25) is 0 Å². The monoisotopic (exact) mass is 277 g/mol. The van der Waals surface area contributed by atoms with Gasteiger partial charge < -0.3 is 5.32 Å². The van der Waals surface area contributed by atoms with Crippen molar-refractivity contribution in [3.8, 4) is 6.07 Å². The van der Waals surface area contributed by atoms with E-state index in [1.54, 1.807) is 6.07 Å². The van der Waals surface area contributed by atoms with Crippen LogP contribution >= 0.6 is 11.3 Å². The number of carbonyl (C=O) groups excluding carboxylic acids is 1. The predicted octanol–water partition coefficient (Wildman–Crippen LogP) is 2.82. The van der Waals surface area contributed by atoms with Crippen LogP contribution in [-0.4, -0.2) is 30.4 Å². The van der Waals surface area contributed by atoms with E-state index in [9.17, 15) is 4.79 Å². The molecule has 0 atom stereocenters. The van der Waals surface area contributed by atoms with Crippen LogP contribution in [0.1, 0.15) is 37.7 Å². The van der Waals surface area contributed by atoms with Crippen LogP contribution in [0.25, 0.3) is 0 Å². The Morgan fingerprint density at radius 2 is 2.00 bits per heavy atom. The number of anilines is 1. The van der Waals surface area contributed by atoms with E-state index < -0.39 is 0 Å². The minimum atomic E-state index is -0.0143. The van der Waals surface area contributed by atoms with Crippen molar-refractivity contribution in [2.24, 2.45) is 0 Å². The van der Waals surface area contributed by atoms with E-state index in [4.69, 9.17) is 5.26 Å². The van der Waals surface area contributed by atoms with E-state index in [0.717, 1.165) is 13.1 Å². The van der Waals surface area contributed by atoms with Crippen LogP contribution in [0, 0.1) is 11.3 Å². The van der Waals surface area contributed by atoms with Gasteiger partial charge in [-0.1, -0.05) is 19.3 Å². The van der Waals surface area contributed by atoms with Crippen LogP contribution in [0.5, 0.6) is 0 Å². The van der Waals surface area contributed by atoms with E-state index in [1.165, 1.54) is 43.4 Å². The molecule has 1 aromatic heterocycles. The molecule has 0 unspecified atom stereocenters. The topological polar surface area (TPSA) is 56.1 Å². The second-order valence-electron chi connectivity index (χ2n) is 4.87. The smallest absolute Gasteiger partial charge is 0.239 e. The van der Waals surface area contributed by atoms with E-state index in [1.807, 2.05) is 5.38 Å². The zero-order valence-corrected chi connectivity index (χ0v) is 11.8. The van der Waals surface area contributed by atoms with Crippen molar-refractivity contribution in [3.05, 3.63) is 17.0 Å². The largest absolute Gasteiger partial charge is 0.315 e. The summed E-state index contributed by atoms with van der Waals surface area (Å²) < 4.78 is 0. The molecular formula is C14H19N3OS. The first-order valence-electron chi connectivity index (χ1n) is 6.79. The van der Waals surface area contributed by atoms with Crippen molar-refractivity contribution >= 4 is 22.2 Å². The Kier molecular flexibility index (Phi) is 5.37. The van der Waals surface area contributed by atoms with Gasteiger partial charge >= 0.3 is 0 Å². The Bertz CT molecular complexity index is 456. The number of hydrogen-bond donors (Lipinski definition) is 1. The van der Waals surface area contributed by atoms with Crippen molar-refractivity contribution in [2.75, 3.05) is 25.0 Å². The maximum atomic E-state index is 12.0. The van der Waals surface area contributed by atoms with E-state index in [0.29, 0.717) is 17.1 Å². The molecule has 1 saturated heterocycles. The van der Waals surface area contributed by atoms with Gasteiger partial charge in [-0.05, 0) is 37.4 Å². The second kappa shape index (κ2) is 7.27. The first-order valence-corrected chi connectivity index (χ1v) is 7.67. The highest BCUT2D eigenvalue weighted by Crippen LogP contribution is 2.22. The summed E-state index contributed by atoms with van der Waals surface area (Å²) in [5.74, 6) is -0.0143. The Morgan fingerprint density at radius 1 is 1.32 bits per heavy atom. The molecule has 1 N–H and O–H groups in total. The van der Waals surface area contributed by atoms with Gasteiger partial charge in [-0.15, -0.1) is 11.3 Å². The normalized spacial score (nSPS) is 17.2. The Hall–Kier alpha value is -1.38. The quantitative estimate of drug-likeness (QED) is 0.924. The lowest BCUT2D eigenvalue weighted by molar-refractivity contribution is -0.117. The number of rotatable bonds is 3. The molecule has 102 valence electrons. The molecular weight excluding hydrogens is 258 g/mol. The molecule has 4 nitrogen and oxygen atoms in total. The molecule has 2 rings (SSSR count). The van der Waals surface area contributed by atoms with E-state index in [-0.39, 0.29) is 5.91 Å². The number of likely N-dealkylation sites (tertiary alicyclic amines) is 1. The maximum absolute atomic E-state index is 12.0. The van der Waals surface area contributed by atoms with Crippen molar-refractivity contribution in [2.45, 2.75) is 32.1 Å². The maximum Gasteiger partial charge on any atom is 0.239 e. The summed E-state index contributed by atoms with van der Waals surface area (Å²) in [7, 11) is 0. The van der Waals surface area contributed by atoms with Crippen molar-refractivity contribution in [1.29, 1.82) is 5.26 Å². The minimum absolute atomic E-state index is 0.0143. The SMILES string of the molecule is N#Cc1ccsc1NC(=O)CN1CCCCCCC1. The van der Waals surface area contributed by atoms with Crippen LogP contribution in [0.3, 0.4) is 0 Å². The van der Waals surface area contributed by atoms with Gasteiger partial charge in [-0.2, -0.15) is 5.26 Å². The lowest BCUT2D eigenvalue weighted by atomic mass is 10.1. The second-order valence-corrected chi connectivity index (χ2v) is 5.78. The van der Waals surface area contributed by atoms with Gasteiger partial charge in [-0.3, -0.25) is 9.69 Å². The summed E-state index contributed by atoms with van der Waals surface area (Å²) >= 11 is 1.40. The summed E-state index contributed by atoms with van der Waals surface area (Å²) in [5, 5.41) is 14.2. The van der Waals surface area contributed by atoms with Gasteiger partial charge in [0.2, 0.25) is 5.91 Å². The highest BCUT2D eigenvalue weighted by molar-refractivity contribution is 7.14. The fourth-order valence-electron chi connectivity index (χ4n) is 2.33. The zero-order valence-electron chi connectivity index (χ0n) is 11.0. The lowest BCUT2D eigenvalue weighted by Crippen LogP contribution is -2.35. The number of carbonyl (C=O) groups is 1. The highest BCUT2D eigenvalue weighted by Gasteiger charge is 2.14. The Labute approximate surface area is 118 Å². The van der Waals surface area contributed by atoms with Gasteiger partial charge in [0, 0.05) is 0 Å². The molecule has 0 aliphatic carbocycles. The molecule has 2 heterocycles. The number of nitrogens with one attached hydrogen (secondary N) is 1. The van der Waals surface area contributed by atoms with Gasteiger partial charge in [0.1, 0.15) is 11.1 Å². The van der Waals surface area contributed by atoms with Gasteiger partial charge in [0.25, 0.3) is 0 Å². The average Bonchev–Trinajstić information content (AvgIpc) is 2.79. The fourth-order valence-corrected chi connectivity index (χ4v) is 3.09. The molecule has 1 aliphatic heterocycles. The van der Waals surface area contributed by atoms with Crippen LogP contribution < -0.4 is 5.32 Å². The summed E-state index contributed by atoms with van der Waals surface area (Å²) in [6.07, 6.45) is 6.20. The van der Waals surface area contributed by atoms with Crippen molar-refractivity contribution in [1.82, 2.24) is 4.90 Å². The molecule has 19 heavy (non-hydrogen) atoms. The average molecular weight is 277 g/mol. The van der Waals surface area contributed by atoms with E-state index >= 15 is 0 Å². The third-order valence-corrected chi connectivity index (χ3v) is 4.18. The summed E-state index contributed by atoms with van der Waals surface area (Å²) in [4.78, 5) is 14.2. The Balaban J connectivity index is 1.85. The zero-order chi connectivity index (χ0) is 13.5. The fraction of sp³-hybridized carbons (Fsp3) is 0.571. The molecule has 1 fully saturated rings. The molecule has 0 saturated carbocycles. The van der Waals surface area contributed by atoms with Crippen LogP contribution in [-0.2, 0) is 4.79 Å². The van der Waals surface area contributed by atoms with E-state index in [2.05, 4.69) is 16.3 Å². The number of hydrogen-bond acceptors (Lipinski definition) is 4. The lowest BCUT2D eigenvalue weighted by Gasteiger charge is -2.23. The van der Waals surface area contributed by atoms with Gasteiger partial charge in [0.15, 0.2) is 0 Å². The molecule has 1 amide bonds. The van der Waals surface area contributed by atoms with Crippen LogP contribution in [0.15, 0.2) is 11.4 Å². The molecule has 1 aliphatic rings. The van der Waals surface area contributed by atoms with Crippen LogP contribution in [0.4, 0.5) is 5.00 Å². The summed E-state index contributed by atoms with van der Waals surface area (Å²) in [5.41, 5.74) is 0.547.